The van der Waals surface area contributed by atoms with Crippen molar-refractivity contribution in [3.05, 3.63) is 0 Å². The molecule has 0 radical (unpaired) electrons. The highest BCUT2D eigenvalue weighted by Crippen LogP contribution is 2.24. The molecule has 0 aliphatic rings. The summed E-state index contributed by atoms with van der Waals surface area (Å²) in [4.78, 5) is 31.2. The number of phosphoric acid groups is 1. The number of carbonyl (C=O) groups is 1. The number of hydrogen-bond acceptors (Lipinski definition) is 7. The number of quaternary nitrogens is 2. The van der Waals surface area contributed by atoms with Crippen molar-refractivity contribution in [1.29, 1.82) is 0 Å². The lowest BCUT2D eigenvalue weighted by molar-refractivity contribution is -0.342. The van der Waals surface area contributed by atoms with E-state index in [1.165, 1.54) is 0 Å². The van der Waals surface area contributed by atoms with Crippen molar-refractivity contribution in [2.45, 2.75) is 38.7 Å². The Morgan fingerprint density at radius 3 is 2.32 bits per heavy atom. The molecular weight excluding hydrogens is 279 g/mol. The molecule has 0 aliphatic carbocycles. The molecule has 0 saturated carbocycles. The molecule has 1 atom stereocenters. The van der Waals surface area contributed by atoms with Gasteiger partial charge < -0.3 is 41.0 Å². The van der Waals surface area contributed by atoms with Crippen molar-refractivity contribution >= 4 is 13.8 Å². The van der Waals surface area contributed by atoms with Gasteiger partial charge in [0.15, 0.2) is 0 Å². The van der Waals surface area contributed by atoms with Gasteiger partial charge >= 0.3 is 5.97 Å². The van der Waals surface area contributed by atoms with Crippen molar-refractivity contribution in [3.63, 3.8) is 0 Å². The van der Waals surface area contributed by atoms with Crippen LogP contribution in [-0.4, -0.2) is 30.4 Å². The number of phosphoric ester groups is 1. The van der Waals surface area contributed by atoms with Crippen LogP contribution >= 0.6 is 7.82 Å². The molecule has 0 saturated heterocycles. The predicted octanol–water partition coefficient (Wildman–Crippen LogP) is 0.0685. The van der Waals surface area contributed by atoms with Gasteiger partial charge in [-0.1, -0.05) is 19.8 Å². The van der Waals surface area contributed by atoms with Crippen LogP contribution in [0.2, 0.25) is 0 Å². The largest absolute Gasteiger partial charge is 0.790 e. The average molecular weight is 304 g/mol. The van der Waals surface area contributed by atoms with E-state index in [2.05, 4.69) is 9.26 Å². The number of unbranched alkanes of at least 4 members (excludes halogenated alkanes) is 2. The molecule has 0 aromatic rings. The molecular formula is C9H25N2O7P. The van der Waals surface area contributed by atoms with Crippen molar-refractivity contribution in [2.75, 3.05) is 13.2 Å². The summed E-state index contributed by atoms with van der Waals surface area (Å²) in [7, 11) is -5.09. The molecule has 0 amide bonds. The van der Waals surface area contributed by atoms with Crippen LogP contribution < -0.4 is 22.1 Å². The zero-order chi connectivity index (χ0) is 13.3. The van der Waals surface area contributed by atoms with Gasteiger partial charge in [0.1, 0.15) is 12.7 Å². The van der Waals surface area contributed by atoms with Crippen LogP contribution in [0.1, 0.15) is 32.6 Å². The Labute approximate surface area is 112 Å². The molecule has 9 N–H and O–H groups in total. The highest BCUT2D eigenvalue weighted by molar-refractivity contribution is 7.43. The molecule has 0 aromatic carbocycles. The maximum atomic E-state index is 11.1. The first-order valence-corrected chi connectivity index (χ1v) is 6.81. The van der Waals surface area contributed by atoms with Gasteiger partial charge in [-0.15, -0.1) is 0 Å². The molecule has 9 nitrogen and oxygen atoms in total. The quantitative estimate of drug-likeness (QED) is 0.304. The van der Waals surface area contributed by atoms with Gasteiger partial charge in [-0.3, -0.25) is 4.79 Å². The van der Waals surface area contributed by atoms with Gasteiger partial charge in [0.05, 0.1) is 14.4 Å². The van der Waals surface area contributed by atoms with Gasteiger partial charge in [-0.25, -0.2) is 0 Å². The van der Waals surface area contributed by atoms with Crippen LogP contribution in [0.15, 0.2) is 0 Å². The van der Waals surface area contributed by atoms with Crippen molar-refractivity contribution in [2.24, 2.45) is 0 Å². The molecule has 0 bridgehead atoms. The number of hydrogen-bond donors (Lipinski definition) is 3. The van der Waals surface area contributed by atoms with E-state index in [0.29, 0.717) is 6.42 Å². The number of aliphatic hydroxyl groups excluding tert-OH is 1. The maximum Gasteiger partial charge on any atom is 0.305 e. The zero-order valence-corrected chi connectivity index (χ0v) is 12.6. The summed E-state index contributed by atoms with van der Waals surface area (Å²) < 4.78 is 18.6. The Morgan fingerprint density at radius 1 is 1.26 bits per heavy atom. The number of esters is 1. The average Bonchev–Trinajstić information content (AvgIpc) is 2.23. The van der Waals surface area contributed by atoms with Gasteiger partial charge in [0.2, 0.25) is 0 Å². The zero-order valence-electron chi connectivity index (χ0n) is 11.7. The van der Waals surface area contributed by atoms with E-state index in [4.69, 9.17) is 5.11 Å². The number of carbonyl (C=O) groups excluding carboxylic acids is 1. The first kappa shape index (κ1) is 23.5. The molecule has 118 valence electrons. The Balaban J connectivity index is -0.00000128. The Bertz CT molecular complexity index is 271. The van der Waals surface area contributed by atoms with Crippen LogP contribution in [0.4, 0.5) is 0 Å². The molecule has 0 fully saturated rings. The Hall–Kier alpha value is -0.540. The van der Waals surface area contributed by atoms with Crippen LogP contribution in [0.5, 0.6) is 0 Å². The Morgan fingerprint density at radius 2 is 1.84 bits per heavy atom. The molecule has 0 rings (SSSR count). The van der Waals surface area contributed by atoms with Crippen LogP contribution in [-0.2, 0) is 18.6 Å². The summed E-state index contributed by atoms with van der Waals surface area (Å²) in [6.45, 7) is 0.911. The fourth-order valence-corrected chi connectivity index (χ4v) is 1.36. The van der Waals surface area contributed by atoms with E-state index in [0.717, 1.165) is 12.8 Å². The second-order valence-electron chi connectivity index (χ2n) is 3.54. The highest BCUT2D eigenvalue weighted by atomic mass is 31.2. The minimum atomic E-state index is -5.09. The van der Waals surface area contributed by atoms with E-state index >= 15 is 0 Å². The maximum absolute atomic E-state index is 11.1. The molecule has 0 heterocycles. The second kappa shape index (κ2) is 12.5. The standard InChI is InChI=1S/C9H19O7P.2H3N/c1-2-3-4-5-9(11)15-6-8(10)7-16-17(12,13)14;;/h8,10H,2-7H2,1H3,(H2,12,13,14);2*1H3/t8-;;/m1../s1. The third-order valence-corrected chi connectivity index (χ3v) is 2.31. The second-order valence-corrected chi connectivity index (χ2v) is 4.69. The molecule has 0 aromatic heterocycles. The van der Waals surface area contributed by atoms with Gasteiger partial charge in [0.25, 0.3) is 0 Å². The summed E-state index contributed by atoms with van der Waals surface area (Å²) in [5.41, 5.74) is 0. The number of aliphatic hydroxyl groups is 1. The van der Waals surface area contributed by atoms with Gasteiger partial charge in [0, 0.05) is 6.42 Å². The van der Waals surface area contributed by atoms with E-state index in [9.17, 15) is 19.1 Å². The minimum Gasteiger partial charge on any atom is -0.790 e. The normalized spacial score (nSPS) is 12.0. The van der Waals surface area contributed by atoms with Crippen LogP contribution in [0.3, 0.4) is 0 Å². The molecule has 10 heteroatoms. The number of rotatable bonds is 9. The summed E-state index contributed by atoms with van der Waals surface area (Å²) in [6, 6.07) is 0. The van der Waals surface area contributed by atoms with E-state index in [-0.39, 0.29) is 25.3 Å². The van der Waals surface area contributed by atoms with E-state index in [1.807, 2.05) is 6.92 Å². The summed E-state index contributed by atoms with van der Waals surface area (Å²) in [5.74, 6) is -0.468. The summed E-state index contributed by atoms with van der Waals surface area (Å²) >= 11 is 0. The lowest BCUT2D eigenvalue weighted by atomic mass is 10.2. The van der Waals surface area contributed by atoms with Crippen molar-refractivity contribution in [3.8, 4) is 0 Å². The van der Waals surface area contributed by atoms with Crippen LogP contribution in [0.25, 0.3) is 0 Å². The van der Waals surface area contributed by atoms with E-state index < -0.39 is 26.5 Å². The molecule has 19 heavy (non-hydrogen) atoms. The lowest BCUT2D eigenvalue weighted by Crippen LogP contribution is -2.26. The summed E-state index contributed by atoms with van der Waals surface area (Å²) in [6.07, 6.45) is 1.53. The van der Waals surface area contributed by atoms with Gasteiger partial charge in [-0.05, 0) is 6.42 Å². The lowest BCUT2D eigenvalue weighted by Gasteiger charge is -2.29. The minimum absolute atomic E-state index is 0. The number of ether oxygens (including phenoxy) is 1. The Kier molecular flexibility index (Phi) is 15.5. The third-order valence-electron chi connectivity index (χ3n) is 1.85. The third kappa shape index (κ3) is 17.5. The fourth-order valence-electron chi connectivity index (χ4n) is 1.01. The fraction of sp³-hybridized carbons (Fsp3) is 0.889. The van der Waals surface area contributed by atoms with Crippen molar-refractivity contribution in [1.82, 2.24) is 12.3 Å². The highest BCUT2D eigenvalue weighted by Gasteiger charge is 2.09. The molecule has 0 aliphatic heterocycles. The molecule has 0 spiro atoms. The predicted molar refractivity (Wildman–Crippen MR) is 66.6 cm³/mol. The van der Waals surface area contributed by atoms with Crippen LogP contribution in [0, 0.1) is 0 Å². The first-order chi connectivity index (χ1) is 7.85. The van der Waals surface area contributed by atoms with Crippen molar-refractivity contribution < 1.29 is 33.5 Å². The smallest absolute Gasteiger partial charge is 0.305 e. The SMILES string of the molecule is CCCCCC(=O)OC[C@@H](O)COP(=O)([O-])[O-].[NH4+].[NH4+]. The van der Waals surface area contributed by atoms with E-state index in [1.54, 1.807) is 0 Å². The topological polar surface area (TPSA) is 192 Å². The van der Waals surface area contributed by atoms with Gasteiger partial charge in [-0.2, -0.15) is 0 Å². The molecule has 0 unspecified atom stereocenters. The summed E-state index contributed by atoms with van der Waals surface area (Å²) in [5, 5.41) is 9.13. The first-order valence-electron chi connectivity index (χ1n) is 5.35. The monoisotopic (exact) mass is 304 g/mol.